The van der Waals surface area contributed by atoms with Gasteiger partial charge in [0.1, 0.15) is 0 Å². The SMILES string of the molecule is [C-]#CC(F)(F)C(F)(F)C(F)(F)C(F)(F)F.[Cu+]. The Balaban J connectivity index is 0. The van der Waals surface area contributed by atoms with E-state index in [9.17, 15) is 39.5 Å². The average molecular weight is 307 g/mol. The second-order valence-corrected chi connectivity index (χ2v) is 2.35. The summed E-state index contributed by atoms with van der Waals surface area (Å²) in [4.78, 5) is 0. The van der Waals surface area contributed by atoms with Gasteiger partial charge in [-0.2, -0.15) is 39.5 Å². The summed E-state index contributed by atoms with van der Waals surface area (Å²) in [6.07, 6.45) is -1.29. The van der Waals surface area contributed by atoms with E-state index in [1.165, 1.54) is 0 Å². The zero-order valence-electron chi connectivity index (χ0n) is 6.70. The second kappa shape index (κ2) is 4.37. The quantitative estimate of drug-likeness (QED) is 0.318. The van der Waals surface area contributed by atoms with Crippen LogP contribution >= 0.6 is 0 Å². The third-order valence-corrected chi connectivity index (χ3v) is 1.30. The molecule has 0 unspecified atom stereocenters. The zero-order chi connectivity index (χ0) is 12.7. The molecule has 0 fully saturated rings. The predicted octanol–water partition coefficient (Wildman–Crippen LogP) is 3.04. The van der Waals surface area contributed by atoms with Crippen LogP contribution in [0.5, 0.6) is 0 Å². The van der Waals surface area contributed by atoms with Crippen molar-refractivity contribution < 1.29 is 56.6 Å². The number of alkyl halides is 9. The van der Waals surface area contributed by atoms with Gasteiger partial charge in [0.2, 0.25) is 0 Å². The van der Waals surface area contributed by atoms with Gasteiger partial charge in [0.05, 0.1) is 0 Å². The number of halogens is 9. The van der Waals surface area contributed by atoms with Crippen LogP contribution in [0.15, 0.2) is 0 Å². The Morgan fingerprint density at radius 2 is 1.00 bits per heavy atom. The van der Waals surface area contributed by atoms with Crippen LogP contribution in [-0.4, -0.2) is 23.9 Å². The first-order valence-corrected chi connectivity index (χ1v) is 2.95. The molecule has 0 N–H and O–H groups in total. The van der Waals surface area contributed by atoms with Crippen LogP contribution in [0, 0.1) is 12.3 Å². The summed E-state index contributed by atoms with van der Waals surface area (Å²) in [5, 5.41) is 0. The van der Waals surface area contributed by atoms with Gasteiger partial charge in [-0.3, -0.25) is 5.92 Å². The molecule has 0 heterocycles. The van der Waals surface area contributed by atoms with E-state index in [1.54, 1.807) is 0 Å². The molecule has 0 radical (unpaired) electrons. The van der Waals surface area contributed by atoms with Crippen molar-refractivity contribution in [3.8, 4) is 5.92 Å². The number of rotatable bonds is 2. The van der Waals surface area contributed by atoms with Crippen molar-refractivity contribution in [2.75, 3.05) is 0 Å². The van der Waals surface area contributed by atoms with Gasteiger partial charge in [-0.25, -0.2) is 0 Å². The fourth-order valence-electron chi connectivity index (χ4n) is 0.454. The maximum atomic E-state index is 12.1. The predicted molar refractivity (Wildman–Crippen MR) is 28.0 cm³/mol. The van der Waals surface area contributed by atoms with E-state index in [1.807, 2.05) is 0 Å². The van der Waals surface area contributed by atoms with Crippen LogP contribution < -0.4 is 0 Å². The summed E-state index contributed by atoms with van der Waals surface area (Å²) in [6, 6.07) is 0. The maximum Gasteiger partial charge on any atom is 1.00 e. The molecule has 0 aliphatic heterocycles. The zero-order valence-corrected chi connectivity index (χ0v) is 7.64. The molecule has 0 saturated heterocycles. The molecule has 0 aromatic heterocycles. The minimum atomic E-state index is -6.95. The average Bonchev–Trinajstić information content (AvgIpc) is 2.01. The fraction of sp³-hybridized carbons (Fsp3) is 0.667. The monoisotopic (exact) mass is 306 g/mol. The van der Waals surface area contributed by atoms with Crippen LogP contribution in [-0.2, 0) is 17.1 Å². The largest absolute Gasteiger partial charge is 1.00 e. The van der Waals surface area contributed by atoms with Gasteiger partial charge in [0.15, 0.2) is 0 Å². The summed E-state index contributed by atoms with van der Waals surface area (Å²) >= 11 is 0. The van der Waals surface area contributed by atoms with Crippen molar-refractivity contribution in [1.29, 1.82) is 0 Å². The molecule has 0 bridgehead atoms. The molecule has 0 saturated carbocycles. The molecular weight excluding hydrogens is 307 g/mol. The molecule has 10 heteroatoms. The summed E-state index contributed by atoms with van der Waals surface area (Å²) < 4.78 is 106. The molecular formula is C6CuF9. The van der Waals surface area contributed by atoms with Gasteiger partial charge in [-0.05, 0) is 0 Å². The van der Waals surface area contributed by atoms with Crippen molar-refractivity contribution in [1.82, 2.24) is 0 Å². The molecule has 0 aromatic rings. The first-order valence-electron chi connectivity index (χ1n) is 2.95. The Morgan fingerprint density at radius 1 is 0.688 bits per heavy atom. The number of hydrogen-bond donors (Lipinski definition) is 0. The molecule has 0 spiro atoms. The molecule has 0 aromatic carbocycles. The summed E-state index contributed by atoms with van der Waals surface area (Å²) in [7, 11) is 0. The molecule has 0 atom stereocenters. The Kier molecular flexibility index (Phi) is 4.87. The van der Waals surface area contributed by atoms with E-state index in [2.05, 4.69) is 0 Å². The fourth-order valence-corrected chi connectivity index (χ4v) is 0.454. The molecule has 16 heavy (non-hydrogen) atoms. The van der Waals surface area contributed by atoms with Crippen molar-refractivity contribution in [3.05, 3.63) is 6.42 Å². The van der Waals surface area contributed by atoms with Crippen LogP contribution in [0.25, 0.3) is 0 Å². The molecule has 98 valence electrons. The van der Waals surface area contributed by atoms with Crippen LogP contribution in [0.1, 0.15) is 0 Å². The third kappa shape index (κ3) is 2.40. The smallest absolute Gasteiger partial charge is 0.687 e. The van der Waals surface area contributed by atoms with Crippen molar-refractivity contribution in [2.24, 2.45) is 0 Å². The van der Waals surface area contributed by atoms with Gasteiger partial charge in [0, 0.05) is 0 Å². The maximum absolute atomic E-state index is 12.1. The minimum absolute atomic E-state index is 0. The van der Waals surface area contributed by atoms with Gasteiger partial charge in [0.25, 0.3) is 0 Å². The standard InChI is InChI=1S/C6F9.Cu/c1-2-3(7,8)4(9,10)5(11,12)6(13,14)15;/q-1;+1. The molecule has 0 rings (SSSR count). The minimum Gasteiger partial charge on any atom is -0.687 e. The Bertz CT molecular complexity index is 283. The Labute approximate surface area is 93.6 Å². The molecule has 0 amide bonds. The van der Waals surface area contributed by atoms with E-state index in [0.717, 1.165) is 0 Å². The van der Waals surface area contributed by atoms with Gasteiger partial charge in [-0.15, -0.1) is 0 Å². The first-order chi connectivity index (χ1) is 6.31. The summed E-state index contributed by atoms with van der Waals surface area (Å²) in [5.41, 5.74) is 0. The van der Waals surface area contributed by atoms with Crippen LogP contribution in [0.4, 0.5) is 39.5 Å². The number of hydrogen-bond acceptors (Lipinski definition) is 0. The van der Waals surface area contributed by atoms with Gasteiger partial charge < -0.3 is 6.42 Å². The van der Waals surface area contributed by atoms with Crippen LogP contribution in [0.2, 0.25) is 0 Å². The van der Waals surface area contributed by atoms with Crippen molar-refractivity contribution in [2.45, 2.75) is 23.9 Å². The normalized spacial score (nSPS) is 14.0. The van der Waals surface area contributed by atoms with Crippen molar-refractivity contribution in [3.63, 3.8) is 0 Å². The summed E-state index contributed by atoms with van der Waals surface area (Å²) in [5.74, 6) is -20.1. The first kappa shape index (κ1) is 17.8. The Morgan fingerprint density at radius 3 is 1.19 bits per heavy atom. The second-order valence-electron chi connectivity index (χ2n) is 2.35. The van der Waals surface area contributed by atoms with E-state index in [0.29, 0.717) is 0 Å². The van der Waals surface area contributed by atoms with Gasteiger partial charge in [-0.1, -0.05) is 0 Å². The topological polar surface area (TPSA) is 0 Å². The van der Waals surface area contributed by atoms with Gasteiger partial charge >= 0.3 is 41.0 Å². The van der Waals surface area contributed by atoms with Crippen LogP contribution in [0.3, 0.4) is 0 Å². The third-order valence-electron chi connectivity index (χ3n) is 1.30. The van der Waals surface area contributed by atoms with Crippen molar-refractivity contribution >= 4 is 0 Å². The van der Waals surface area contributed by atoms with E-state index in [-0.39, 0.29) is 23.0 Å². The molecule has 0 nitrogen and oxygen atoms in total. The molecule has 0 aliphatic rings. The van der Waals surface area contributed by atoms with E-state index in [4.69, 9.17) is 6.42 Å². The van der Waals surface area contributed by atoms with E-state index >= 15 is 0 Å². The Hall–Kier alpha value is -0.551. The van der Waals surface area contributed by atoms with E-state index < -0.39 is 23.9 Å². The summed E-state index contributed by atoms with van der Waals surface area (Å²) in [6.45, 7) is 0. The molecule has 0 aliphatic carbocycles.